The lowest BCUT2D eigenvalue weighted by Crippen LogP contribution is -2.19. The fraction of sp³-hybridized carbons (Fsp3) is 0.190. The molecule has 3 heterocycles. The van der Waals surface area contributed by atoms with Crippen molar-refractivity contribution in [2.75, 3.05) is 5.32 Å². The molecule has 0 aliphatic heterocycles. The number of fused-ring (bicyclic) bond motifs is 2. The number of H-pyrrole nitrogens is 1. The van der Waals surface area contributed by atoms with Gasteiger partial charge >= 0.3 is 0 Å². The van der Waals surface area contributed by atoms with Crippen LogP contribution in [0.15, 0.2) is 30.7 Å². The van der Waals surface area contributed by atoms with E-state index in [4.69, 9.17) is 11.6 Å². The molecule has 0 radical (unpaired) electrons. The van der Waals surface area contributed by atoms with Crippen LogP contribution in [-0.4, -0.2) is 38.1 Å². The van der Waals surface area contributed by atoms with Gasteiger partial charge in [0.2, 0.25) is 12.3 Å². The summed E-state index contributed by atoms with van der Waals surface area (Å²) in [6, 6.07) is 3.88. The molecule has 1 aliphatic rings. The van der Waals surface area contributed by atoms with Crippen molar-refractivity contribution in [3.05, 3.63) is 47.1 Å². The normalized spacial score (nSPS) is 18.1. The Morgan fingerprint density at radius 3 is 2.91 bits per heavy atom. The van der Waals surface area contributed by atoms with E-state index in [9.17, 15) is 19.2 Å². The molecule has 4 aromatic rings. The molecule has 33 heavy (non-hydrogen) atoms. The predicted molar refractivity (Wildman–Crippen MR) is 114 cm³/mol. The van der Waals surface area contributed by atoms with E-state index in [1.807, 2.05) is 6.07 Å². The van der Waals surface area contributed by atoms with Gasteiger partial charge in [-0.3, -0.25) is 14.7 Å². The topological polar surface area (TPSA) is 128 Å². The molecule has 3 N–H and O–H groups in total. The highest BCUT2D eigenvalue weighted by atomic mass is 35.5. The van der Waals surface area contributed by atoms with Gasteiger partial charge in [-0.25, -0.2) is 13.8 Å². The Hall–Kier alpha value is -4.04. The lowest BCUT2D eigenvalue weighted by Gasteiger charge is -2.15. The second-order valence-electron chi connectivity index (χ2n) is 7.58. The van der Waals surface area contributed by atoms with Crippen LogP contribution >= 0.6 is 11.6 Å². The molecule has 3 aromatic heterocycles. The van der Waals surface area contributed by atoms with Gasteiger partial charge in [-0.1, -0.05) is 11.6 Å². The van der Waals surface area contributed by atoms with Crippen molar-refractivity contribution in [3.8, 4) is 17.2 Å². The first-order valence-electron chi connectivity index (χ1n) is 9.80. The minimum atomic E-state index is -1.27. The minimum absolute atomic E-state index is 0.120. The molecule has 5 rings (SSSR count). The molecule has 0 spiro atoms. The molecule has 0 bridgehead atoms. The standard InChI is InChI=1S/C21H14ClF2N7O2/c22-18-16(11-5-27-30-20(11)17(19(18)24)13(4-25)26-8-32)9-1-2-15-28-14(7-31(15)6-9)29-21(33)10-3-12(10)23/h1-2,5-8,10,12-13H,3H2,(H,26,32)(H,27,30)(H,29,33). The Bertz CT molecular complexity index is 1480. The number of carbonyl (C=O) groups excluding carboxylic acids is 2. The average Bonchev–Trinajstić information content (AvgIpc) is 3.17. The van der Waals surface area contributed by atoms with E-state index in [1.54, 1.807) is 28.9 Å². The summed E-state index contributed by atoms with van der Waals surface area (Å²) in [5.41, 5.74) is 1.44. The van der Waals surface area contributed by atoms with Crippen LogP contribution in [0.1, 0.15) is 18.0 Å². The smallest absolute Gasteiger partial charge is 0.231 e. The Labute approximate surface area is 189 Å². The van der Waals surface area contributed by atoms with Gasteiger partial charge in [-0.15, -0.1) is 0 Å². The fourth-order valence-corrected chi connectivity index (χ4v) is 4.11. The number of alkyl halides is 1. The van der Waals surface area contributed by atoms with E-state index in [2.05, 4.69) is 25.8 Å². The van der Waals surface area contributed by atoms with E-state index in [-0.39, 0.29) is 28.3 Å². The molecular weight excluding hydrogens is 456 g/mol. The third-order valence-corrected chi connectivity index (χ3v) is 5.87. The first kappa shape index (κ1) is 20.8. The Kier molecular flexibility index (Phi) is 4.94. The number of nitriles is 1. The van der Waals surface area contributed by atoms with Gasteiger partial charge in [0.15, 0.2) is 11.6 Å². The van der Waals surface area contributed by atoms with E-state index in [0.29, 0.717) is 28.6 Å². The van der Waals surface area contributed by atoms with Crippen molar-refractivity contribution >= 4 is 46.3 Å². The average molecular weight is 470 g/mol. The maximum Gasteiger partial charge on any atom is 0.231 e. The molecule has 3 atom stereocenters. The molecule has 0 saturated heterocycles. The van der Waals surface area contributed by atoms with Crippen LogP contribution in [0, 0.1) is 23.1 Å². The second kappa shape index (κ2) is 7.83. The van der Waals surface area contributed by atoms with Crippen LogP contribution < -0.4 is 10.6 Å². The first-order chi connectivity index (χ1) is 15.9. The highest BCUT2D eigenvalue weighted by Crippen LogP contribution is 2.41. The van der Waals surface area contributed by atoms with Crippen molar-refractivity contribution in [3.63, 3.8) is 0 Å². The van der Waals surface area contributed by atoms with Crippen LogP contribution in [-0.2, 0) is 9.59 Å². The molecule has 1 fully saturated rings. The minimum Gasteiger partial charge on any atom is -0.339 e. The summed E-state index contributed by atoms with van der Waals surface area (Å²) in [5.74, 6) is -1.68. The number of carbonyl (C=O) groups is 2. The molecular formula is C21H14ClF2N7O2. The number of halogens is 3. The third-order valence-electron chi connectivity index (χ3n) is 5.52. The van der Waals surface area contributed by atoms with Gasteiger partial charge < -0.3 is 15.0 Å². The highest BCUT2D eigenvalue weighted by Gasteiger charge is 2.43. The molecule has 1 aromatic carbocycles. The van der Waals surface area contributed by atoms with Crippen molar-refractivity contribution in [2.24, 2.45) is 5.92 Å². The summed E-state index contributed by atoms with van der Waals surface area (Å²) in [6.45, 7) is 0. The Morgan fingerprint density at radius 1 is 1.42 bits per heavy atom. The quantitative estimate of drug-likeness (QED) is 0.373. The zero-order valence-electron chi connectivity index (χ0n) is 16.6. The number of nitrogens with zero attached hydrogens (tertiary/aromatic N) is 4. The summed E-state index contributed by atoms with van der Waals surface area (Å²) < 4.78 is 30.0. The van der Waals surface area contributed by atoms with Crippen LogP contribution in [0.5, 0.6) is 0 Å². The SMILES string of the molecule is N#CC(NC=O)c1c(F)c(Cl)c(-c2ccc3nc(NC(=O)C4CC4F)cn3c2)c2cn[nH]c12. The number of rotatable bonds is 6. The predicted octanol–water partition coefficient (Wildman–Crippen LogP) is 3.28. The summed E-state index contributed by atoms with van der Waals surface area (Å²) in [5, 5.41) is 21.0. The summed E-state index contributed by atoms with van der Waals surface area (Å²) in [7, 11) is 0. The van der Waals surface area contributed by atoms with Gasteiger partial charge in [0.1, 0.15) is 17.9 Å². The number of aromatic nitrogens is 4. The van der Waals surface area contributed by atoms with Gasteiger partial charge in [-0.05, 0) is 18.6 Å². The molecule has 12 heteroatoms. The van der Waals surface area contributed by atoms with Crippen LogP contribution in [0.4, 0.5) is 14.6 Å². The lowest BCUT2D eigenvalue weighted by molar-refractivity contribution is -0.117. The van der Waals surface area contributed by atoms with E-state index in [0.717, 1.165) is 0 Å². The maximum atomic E-state index is 15.3. The molecule has 166 valence electrons. The molecule has 3 unspecified atom stereocenters. The van der Waals surface area contributed by atoms with Gasteiger partial charge in [-0.2, -0.15) is 10.4 Å². The van der Waals surface area contributed by atoms with Crippen molar-refractivity contribution in [2.45, 2.75) is 18.6 Å². The highest BCUT2D eigenvalue weighted by molar-refractivity contribution is 6.35. The number of amides is 2. The van der Waals surface area contributed by atoms with Gasteiger partial charge in [0.25, 0.3) is 0 Å². The fourth-order valence-electron chi connectivity index (χ4n) is 3.80. The number of nitrogens with one attached hydrogen (secondary N) is 3. The number of hydrogen-bond acceptors (Lipinski definition) is 5. The zero-order valence-corrected chi connectivity index (χ0v) is 17.4. The van der Waals surface area contributed by atoms with E-state index in [1.165, 1.54) is 6.20 Å². The van der Waals surface area contributed by atoms with E-state index < -0.39 is 29.9 Å². The Balaban J connectivity index is 1.59. The molecule has 2 amide bonds. The first-order valence-corrected chi connectivity index (χ1v) is 10.2. The third kappa shape index (κ3) is 3.44. The van der Waals surface area contributed by atoms with Gasteiger partial charge in [0, 0.05) is 22.7 Å². The second-order valence-corrected chi connectivity index (χ2v) is 7.96. The number of pyridine rings is 1. The number of imidazole rings is 1. The number of anilines is 1. The van der Waals surface area contributed by atoms with E-state index >= 15 is 4.39 Å². The Morgan fingerprint density at radius 2 is 2.21 bits per heavy atom. The molecule has 9 nitrogen and oxygen atoms in total. The van der Waals surface area contributed by atoms with Crippen molar-refractivity contribution in [1.82, 2.24) is 24.9 Å². The lowest BCUT2D eigenvalue weighted by atomic mass is 9.96. The summed E-state index contributed by atoms with van der Waals surface area (Å²) in [6.07, 6.45) is 4.04. The van der Waals surface area contributed by atoms with Crippen LogP contribution in [0.3, 0.4) is 0 Å². The van der Waals surface area contributed by atoms with Crippen molar-refractivity contribution in [1.29, 1.82) is 5.26 Å². The van der Waals surface area contributed by atoms with Crippen LogP contribution in [0.2, 0.25) is 5.02 Å². The largest absolute Gasteiger partial charge is 0.339 e. The van der Waals surface area contributed by atoms with Gasteiger partial charge in [0.05, 0.1) is 40.5 Å². The van der Waals surface area contributed by atoms with Crippen molar-refractivity contribution < 1.29 is 18.4 Å². The monoisotopic (exact) mass is 469 g/mol. The maximum absolute atomic E-state index is 15.3. The molecule has 1 saturated carbocycles. The van der Waals surface area contributed by atoms with Crippen LogP contribution in [0.25, 0.3) is 27.7 Å². The summed E-state index contributed by atoms with van der Waals surface area (Å²) in [4.78, 5) is 27.1. The number of hydrogen-bond donors (Lipinski definition) is 3. The zero-order chi connectivity index (χ0) is 23.3. The summed E-state index contributed by atoms with van der Waals surface area (Å²) >= 11 is 6.39. The number of benzene rings is 1. The molecule has 1 aliphatic carbocycles. The number of aromatic amines is 1.